The van der Waals surface area contributed by atoms with Crippen molar-refractivity contribution in [3.63, 3.8) is 0 Å². The molecule has 1 unspecified atom stereocenters. The van der Waals surface area contributed by atoms with E-state index in [2.05, 4.69) is 15.9 Å². The summed E-state index contributed by atoms with van der Waals surface area (Å²) in [5, 5.41) is 1.54. The van der Waals surface area contributed by atoms with E-state index in [9.17, 15) is 0 Å². The first-order chi connectivity index (χ1) is 9.58. The lowest BCUT2D eigenvalue weighted by atomic mass is 9.94. The van der Waals surface area contributed by atoms with Crippen LogP contribution in [0.5, 0.6) is 0 Å². The minimum atomic E-state index is 0.358. The van der Waals surface area contributed by atoms with Gasteiger partial charge in [0.05, 0.1) is 0 Å². The number of benzene rings is 2. The normalized spacial score (nSPS) is 12.4. The summed E-state index contributed by atoms with van der Waals surface area (Å²) in [6.07, 6.45) is 1.80. The molecule has 0 spiro atoms. The molecule has 20 heavy (non-hydrogen) atoms. The molecule has 2 aromatic carbocycles. The Balaban J connectivity index is 2.07. The lowest BCUT2D eigenvalue weighted by Crippen LogP contribution is -2.10. The molecule has 0 aliphatic heterocycles. The van der Waals surface area contributed by atoms with Crippen LogP contribution in [0.15, 0.2) is 46.9 Å². The van der Waals surface area contributed by atoms with Gasteiger partial charge in [0.25, 0.3) is 0 Å². The molecular formula is C16H14BrCl3. The summed E-state index contributed by atoms with van der Waals surface area (Å²) in [5.41, 5.74) is 2.38. The van der Waals surface area contributed by atoms with Crippen molar-refractivity contribution in [3.8, 4) is 0 Å². The van der Waals surface area contributed by atoms with Crippen molar-refractivity contribution < 1.29 is 0 Å². The molecule has 0 amide bonds. The number of hydrogen-bond acceptors (Lipinski definition) is 0. The Kier molecular flexibility index (Phi) is 6.22. The van der Waals surface area contributed by atoms with Gasteiger partial charge in [-0.15, -0.1) is 11.6 Å². The van der Waals surface area contributed by atoms with Crippen LogP contribution in [0, 0.1) is 5.92 Å². The molecule has 2 rings (SSSR count). The van der Waals surface area contributed by atoms with Gasteiger partial charge in [0.1, 0.15) is 0 Å². The second-order valence-corrected chi connectivity index (χ2v) is 6.86. The first kappa shape index (κ1) is 16.2. The quantitative estimate of drug-likeness (QED) is 0.517. The first-order valence-electron chi connectivity index (χ1n) is 6.33. The molecule has 0 heterocycles. The van der Waals surface area contributed by atoms with Crippen LogP contribution in [-0.2, 0) is 12.8 Å². The maximum atomic E-state index is 6.26. The molecule has 0 saturated carbocycles. The van der Waals surface area contributed by atoms with Crippen LogP contribution in [0.2, 0.25) is 10.0 Å². The van der Waals surface area contributed by atoms with Crippen LogP contribution in [0.1, 0.15) is 11.1 Å². The van der Waals surface area contributed by atoms with Crippen molar-refractivity contribution in [2.45, 2.75) is 12.8 Å². The van der Waals surface area contributed by atoms with Gasteiger partial charge in [0, 0.05) is 20.4 Å². The van der Waals surface area contributed by atoms with Crippen LogP contribution in [0.25, 0.3) is 0 Å². The van der Waals surface area contributed by atoms with Crippen LogP contribution in [0.3, 0.4) is 0 Å². The molecule has 106 valence electrons. The highest BCUT2D eigenvalue weighted by atomic mass is 79.9. The van der Waals surface area contributed by atoms with E-state index in [1.807, 2.05) is 42.5 Å². The standard InChI is InChI=1S/C16H14BrCl3/c17-14-4-3-13(16(20)9-14)8-12(10-18)7-11-1-5-15(19)6-2-11/h1-6,9,12H,7-8,10H2. The fraction of sp³-hybridized carbons (Fsp3) is 0.250. The Morgan fingerprint density at radius 2 is 1.65 bits per heavy atom. The molecule has 0 radical (unpaired) electrons. The van der Waals surface area contributed by atoms with E-state index >= 15 is 0 Å². The number of alkyl halides is 1. The van der Waals surface area contributed by atoms with E-state index < -0.39 is 0 Å². The molecule has 0 aliphatic carbocycles. The van der Waals surface area contributed by atoms with E-state index in [1.165, 1.54) is 5.56 Å². The van der Waals surface area contributed by atoms with E-state index in [-0.39, 0.29) is 0 Å². The van der Waals surface area contributed by atoms with Gasteiger partial charge in [0.15, 0.2) is 0 Å². The van der Waals surface area contributed by atoms with E-state index in [0.717, 1.165) is 32.9 Å². The molecule has 0 nitrogen and oxygen atoms in total. The van der Waals surface area contributed by atoms with Gasteiger partial charge >= 0.3 is 0 Å². The highest BCUT2D eigenvalue weighted by Gasteiger charge is 2.12. The zero-order valence-electron chi connectivity index (χ0n) is 10.8. The Morgan fingerprint density at radius 1 is 0.950 bits per heavy atom. The van der Waals surface area contributed by atoms with Gasteiger partial charge < -0.3 is 0 Å². The predicted octanol–water partition coefficient (Wildman–Crippen LogP) is 6.40. The van der Waals surface area contributed by atoms with Gasteiger partial charge in [0.2, 0.25) is 0 Å². The molecule has 1 atom stereocenters. The van der Waals surface area contributed by atoms with Crippen molar-refractivity contribution in [2.75, 3.05) is 5.88 Å². The average Bonchev–Trinajstić information content (AvgIpc) is 2.43. The number of hydrogen-bond donors (Lipinski definition) is 0. The molecule has 0 fully saturated rings. The molecule has 0 N–H and O–H groups in total. The monoisotopic (exact) mass is 390 g/mol. The summed E-state index contributed by atoms with van der Waals surface area (Å²) in [6.45, 7) is 0. The van der Waals surface area contributed by atoms with Gasteiger partial charge in [-0.2, -0.15) is 0 Å². The van der Waals surface area contributed by atoms with Gasteiger partial charge in [-0.25, -0.2) is 0 Å². The summed E-state index contributed by atoms with van der Waals surface area (Å²) in [5.74, 6) is 0.964. The first-order valence-corrected chi connectivity index (χ1v) is 8.41. The minimum Gasteiger partial charge on any atom is -0.126 e. The zero-order valence-corrected chi connectivity index (χ0v) is 14.6. The lowest BCUT2D eigenvalue weighted by molar-refractivity contribution is 0.584. The second kappa shape index (κ2) is 7.70. The third kappa shape index (κ3) is 4.66. The van der Waals surface area contributed by atoms with Gasteiger partial charge in [-0.3, -0.25) is 0 Å². The highest BCUT2D eigenvalue weighted by molar-refractivity contribution is 9.10. The predicted molar refractivity (Wildman–Crippen MR) is 92.2 cm³/mol. The summed E-state index contributed by atoms with van der Waals surface area (Å²) in [7, 11) is 0. The van der Waals surface area contributed by atoms with E-state index in [1.54, 1.807) is 0 Å². The minimum absolute atomic E-state index is 0.358. The summed E-state index contributed by atoms with van der Waals surface area (Å²) < 4.78 is 0.992. The Bertz CT molecular complexity index is 566. The fourth-order valence-electron chi connectivity index (χ4n) is 2.13. The van der Waals surface area contributed by atoms with Crippen molar-refractivity contribution in [2.24, 2.45) is 5.92 Å². The second-order valence-electron chi connectivity index (χ2n) is 4.79. The molecule has 4 heteroatoms. The topological polar surface area (TPSA) is 0 Å². The molecule has 0 aromatic heterocycles. The number of halogens is 4. The molecule has 2 aromatic rings. The fourth-order valence-corrected chi connectivity index (χ4v) is 3.23. The Morgan fingerprint density at radius 3 is 2.25 bits per heavy atom. The van der Waals surface area contributed by atoms with Gasteiger partial charge in [-0.05, 0) is 54.2 Å². The van der Waals surface area contributed by atoms with Crippen molar-refractivity contribution >= 4 is 50.7 Å². The summed E-state index contributed by atoms with van der Waals surface area (Å²) in [4.78, 5) is 0. The Hall–Kier alpha value is -0.210. The lowest BCUT2D eigenvalue weighted by Gasteiger charge is -2.15. The van der Waals surface area contributed by atoms with Crippen molar-refractivity contribution in [3.05, 3.63) is 68.1 Å². The van der Waals surface area contributed by atoms with E-state index in [4.69, 9.17) is 34.8 Å². The van der Waals surface area contributed by atoms with Crippen LogP contribution >= 0.6 is 50.7 Å². The largest absolute Gasteiger partial charge is 0.126 e. The average molecular weight is 393 g/mol. The van der Waals surface area contributed by atoms with Gasteiger partial charge in [-0.1, -0.05) is 57.3 Å². The third-order valence-electron chi connectivity index (χ3n) is 3.18. The highest BCUT2D eigenvalue weighted by Crippen LogP contribution is 2.25. The van der Waals surface area contributed by atoms with E-state index in [0.29, 0.717) is 11.8 Å². The third-order valence-corrected chi connectivity index (χ3v) is 4.71. The van der Waals surface area contributed by atoms with Crippen LogP contribution < -0.4 is 0 Å². The molecular weight excluding hydrogens is 378 g/mol. The molecule has 0 saturated heterocycles. The van der Waals surface area contributed by atoms with Crippen LogP contribution in [0.4, 0.5) is 0 Å². The van der Waals surface area contributed by atoms with Crippen LogP contribution in [-0.4, -0.2) is 5.88 Å². The van der Waals surface area contributed by atoms with Crippen molar-refractivity contribution in [1.82, 2.24) is 0 Å². The Labute approximate surface area is 143 Å². The number of rotatable bonds is 5. The summed E-state index contributed by atoms with van der Waals surface area (Å²) in [6, 6.07) is 13.9. The smallest absolute Gasteiger partial charge is 0.0449 e. The molecule has 0 bridgehead atoms. The zero-order chi connectivity index (χ0) is 14.5. The molecule has 0 aliphatic rings. The summed E-state index contributed by atoms with van der Waals surface area (Å²) >= 11 is 21.7. The van der Waals surface area contributed by atoms with Crippen molar-refractivity contribution in [1.29, 1.82) is 0 Å². The maximum absolute atomic E-state index is 6.26. The SMILES string of the molecule is ClCC(Cc1ccc(Cl)cc1)Cc1ccc(Br)cc1Cl. The maximum Gasteiger partial charge on any atom is 0.0449 e.